The smallest absolute Gasteiger partial charge is 0.275 e. The van der Waals surface area contributed by atoms with Crippen molar-refractivity contribution in [3.63, 3.8) is 0 Å². The van der Waals surface area contributed by atoms with Crippen LogP contribution < -0.4 is 0 Å². The van der Waals surface area contributed by atoms with Crippen LogP contribution >= 0.6 is 0 Å². The summed E-state index contributed by atoms with van der Waals surface area (Å²) < 4.78 is 0. The van der Waals surface area contributed by atoms with Gasteiger partial charge in [0.15, 0.2) is 0 Å². The Kier molecular flexibility index (Phi) is 3.19. The number of aliphatic hydroxyl groups excluding tert-OH is 1. The van der Waals surface area contributed by atoms with Crippen LogP contribution in [0.4, 0.5) is 5.69 Å². The maximum absolute atomic E-state index is 10.6. The minimum Gasteiger partial charge on any atom is -0.388 e. The van der Waals surface area contributed by atoms with Crippen LogP contribution in [0.1, 0.15) is 25.5 Å². The fourth-order valence-corrected chi connectivity index (χ4v) is 1.26. The van der Waals surface area contributed by atoms with Crippen LogP contribution in [0, 0.1) is 16.0 Å². The molecule has 1 rings (SSSR count). The first kappa shape index (κ1) is 10.7. The second-order valence-electron chi connectivity index (χ2n) is 3.50. The Hall–Kier alpha value is -1.42. The molecule has 0 spiro atoms. The minimum atomic E-state index is -0.781. The molecule has 4 heteroatoms. The van der Waals surface area contributed by atoms with Gasteiger partial charge in [-0.2, -0.15) is 0 Å². The topological polar surface area (TPSA) is 63.4 Å². The molecule has 4 nitrogen and oxygen atoms in total. The third kappa shape index (κ3) is 2.09. The van der Waals surface area contributed by atoms with Gasteiger partial charge in [0.1, 0.15) is 0 Å². The molecule has 0 amide bonds. The SMILES string of the molecule is CC(C)[C@@H](O)c1ccccc1[N+](=O)[O-]. The van der Waals surface area contributed by atoms with Gasteiger partial charge in [0, 0.05) is 6.07 Å². The van der Waals surface area contributed by atoms with Gasteiger partial charge in [0.2, 0.25) is 0 Å². The van der Waals surface area contributed by atoms with Gasteiger partial charge >= 0.3 is 0 Å². The summed E-state index contributed by atoms with van der Waals surface area (Å²) in [5, 5.41) is 20.4. The van der Waals surface area contributed by atoms with Crippen LogP contribution in [0.15, 0.2) is 24.3 Å². The average Bonchev–Trinajstić information content (AvgIpc) is 2.16. The lowest BCUT2D eigenvalue weighted by Crippen LogP contribution is -2.07. The lowest BCUT2D eigenvalue weighted by molar-refractivity contribution is -0.386. The van der Waals surface area contributed by atoms with Crippen LogP contribution in [-0.2, 0) is 0 Å². The summed E-state index contributed by atoms with van der Waals surface area (Å²) in [6.45, 7) is 3.64. The van der Waals surface area contributed by atoms with Crippen molar-refractivity contribution in [2.45, 2.75) is 20.0 Å². The summed E-state index contributed by atoms with van der Waals surface area (Å²) in [7, 11) is 0. The standard InChI is InChI=1S/C10H13NO3/c1-7(2)10(12)8-5-3-4-6-9(8)11(13)14/h3-7,10,12H,1-2H3/t10-/m1/s1. The number of nitro groups is 1. The van der Waals surface area contributed by atoms with Gasteiger partial charge in [0.05, 0.1) is 16.6 Å². The Morgan fingerprint density at radius 1 is 1.36 bits per heavy atom. The van der Waals surface area contributed by atoms with Crippen molar-refractivity contribution in [2.75, 3.05) is 0 Å². The summed E-state index contributed by atoms with van der Waals surface area (Å²) in [6.07, 6.45) is -0.781. The molecular formula is C10H13NO3. The van der Waals surface area contributed by atoms with E-state index in [-0.39, 0.29) is 11.6 Å². The zero-order chi connectivity index (χ0) is 10.7. The molecule has 0 radical (unpaired) electrons. The van der Waals surface area contributed by atoms with Crippen LogP contribution in [0.2, 0.25) is 0 Å². The van der Waals surface area contributed by atoms with Gasteiger partial charge in [-0.15, -0.1) is 0 Å². The molecular weight excluding hydrogens is 182 g/mol. The first-order chi connectivity index (χ1) is 6.54. The zero-order valence-electron chi connectivity index (χ0n) is 8.18. The lowest BCUT2D eigenvalue weighted by Gasteiger charge is -2.14. The molecule has 76 valence electrons. The molecule has 14 heavy (non-hydrogen) atoms. The number of hydrogen-bond acceptors (Lipinski definition) is 3. The van der Waals surface area contributed by atoms with E-state index in [1.54, 1.807) is 18.2 Å². The normalized spacial score (nSPS) is 12.9. The van der Waals surface area contributed by atoms with Crippen LogP contribution in [-0.4, -0.2) is 10.0 Å². The van der Waals surface area contributed by atoms with Crippen LogP contribution in [0.5, 0.6) is 0 Å². The second kappa shape index (κ2) is 4.19. The van der Waals surface area contributed by atoms with E-state index in [9.17, 15) is 15.2 Å². The van der Waals surface area contributed by atoms with E-state index < -0.39 is 11.0 Å². The molecule has 0 fully saturated rings. The molecule has 0 aliphatic rings. The molecule has 0 saturated carbocycles. The van der Waals surface area contributed by atoms with E-state index in [4.69, 9.17) is 0 Å². The predicted octanol–water partition coefficient (Wildman–Crippen LogP) is 2.28. The van der Waals surface area contributed by atoms with E-state index in [2.05, 4.69) is 0 Å². The van der Waals surface area contributed by atoms with Crippen molar-refractivity contribution in [1.82, 2.24) is 0 Å². The van der Waals surface area contributed by atoms with Gasteiger partial charge in [-0.05, 0) is 12.0 Å². The van der Waals surface area contributed by atoms with Gasteiger partial charge in [-0.25, -0.2) is 0 Å². The third-order valence-electron chi connectivity index (χ3n) is 2.08. The molecule has 0 heterocycles. The Balaban J connectivity index is 3.13. The van der Waals surface area contributed by atoms with E-state index in [1.807, 2.05) is 13.8 Å². The first-order valence-corrected chi connectivity index (χ1v) is 4.45. The number of nitrogens with zero attached hydrogens (tertiary/aromatic N) is 1. The Labute approximate surface area is 82.3 Å². The molecule has 0 unspecified atom stereocenters. The summed E-state index contributed by atoms with van der Waals surface area (Å²) in [4.78, 5) is 10.2. The van der Waals surface area contributed by atoms with Gasteiger partial charge in [-0.3, -0.25) is 10.1 Å². The van der Waals surface area contributed by atoms with Gasteiger partial charge in [-0.1, -0.05) is 26.0 Å². The Bertz CT molecular complexity index is 336. The van der Waals surface area contributed by atoms with E-state index in [0.29, 0.717) is 5.56 Å². The molecule has 0 saturated heterocycles. The molecule has 0 aliphatic carbocycles. The average molecular weight is 195 g/mol. The summed E-state index contributed by atoms with van der Waals surface area (Å²) in [5.74, 6) is -0.0314. The van der Waals surface area contributed by atoms with E-state index in [1.165, 1.54) is 6.07 Å². The highest BCUT2D eigenvalue weighted by molar-refractivity contribution is 5.41. The molecule has 1 aromatic rings. The van der Waals surface area contributed by atoms with Gasteiger partial charge < -0.3 is 5.11 Å². The summed E-state index contributed by atoms with van der Waals surface area (Å²) >= 11 is 0. The molecule has 0 aliphatic heterocycles. The monoisotopic (exact) mass is 195 g/mol. The highest BCUT2D eigenvalue weighted by atomic mass is 16.6. The number of rotatable bonds is 3. The van der Waals surface area contributed by atoms with Crippen molar-refractivity contribution >= 4 is 5.69 Å². The highest BCUT2D eigenvalue weighted by Gasteiger charge is 2.21. The lowest BCUT2D eigenvalue weighted by atomic mass is 9.98. The molecule has 1 atom stereocenters. The Morgan fingerprint density at radius 3 is 2.43 bits per heavy atom. The summed E-state index contributed by atoms with van der Waals surface area (Å²) in [5.41, 5.74) is 0.362. The number of nitro benzene ring substituents is 1. The molecule has 1 N–H and O–H groups in total. The fourth-order valence-electron chi connectivity index (χ4n) is 1.26. The first-order valence-electron chi connectivity index (χ1n) is 4.45. The Morgan fingerprint density at radius 2 is 1.93 bits per heavy atom. The fraction of sp³-hybridized carbons (Fsp3) is 0.400. The third-order valence-corrected chi connectivity index (χ3v) is 2.08. The van der Waals surface area contributed by atoms with E-state index in [0.717, 1.165) is 0 Å². The number of benzene rings is 1. The van der Waals surface area contributed by atoms with Crippen LogP contribution in [0.25, 0.3) is 0 Å². The van der Waals surface area contributed by atoms with Crippen molar-refractivity contribution < 1.29 is 10.0 Å². The predicted molar refractivity (Wildman–Crippen MR) is 52.9 cm³/mol. The van der Waals surface area contributed by atoms with Crippen molar-refractivity contribution in [2.24, 2.45) is 5.92 Å². The van der Waals surface area contributed by atoms with E-state index >= 15 is 0 Å². The molecule has 1 aromatic carbocycles. The number of aliphatic hydroxyl groups is 1. The minimum absolute atomic E-state index is 0.0197. The number of para-hydroxylation sites is 1. The maximum atomic E-state index is 10.6. The summed E-state index contributed by atoms with van der Waals surface area (Å²) in [6, 6.07) is 6.27. The zero-order valence-corrected chi connectivity index (χ0v) is 8.18. The van der Waals surface area contributed by atoms with Gasteiger partial charge in [0.25, 0.3) is 5.69 Å². The molecule has 0 aromatic heterocycles. The maximum Gasteiger partial charge on any atom is 0.275 e. The largest absolute Gasteiger partial charge is 0.388 e. The number of hydrogen-bond donors (Lipinski definition) is 1. The van der Waals surface area contributed by atoms with Crippen LogP contribution in [0.3, 0.4) is 0 Å². The quantitative estimate of drug-likeness (QED) is 0.594. The second-order valence-corrected chi connectivity index (χ2v) is 3.50. The molecule has 0 bridgehead atoms. The highest BCUT2D eigenvalue weighted by Crippen LogP contribution is 2.29. The van der Waals surface area contributed by atoms with Crippen molar-refractivity contribution in [3.05, 3.63) is 39.9 Å². The van der Waals surface area contributed by atoms with Crippen molar-refractivity contribution in [1.29, 1.82) is 0 Å². The van der Waals surface area contributed by atoms with Crippen molar-refractivity contribution in [3.8, 4) is 0 Å².